The second-order valence-corrected chi connectivity index (χ2v) is 9.33. The highest BCUT2D eigenvalue weighted by Crippen LogP contribution is 2.50. The van der Waals surface area contributed by atoms with Gasteiger partial charge in [0.05, 0.1) is 12.8 Å². The molecule has 4 nitrogen and oxygen atoms in total. The predicted octanol–water partition coefficient (Wildman–Crippen LogP) is 5.70. The highest BCUT2D eigenvalue weighted by molar-refractivity contribution is 6.23. The Morgan fingerprint density at radius 2 is 1.47 bits per heavy atom. The summed E-state index contributed by atoms with van der Waals surface area (Å²) < 4.78 is 5.30. The molecular formula is C30H25NO3. The van der Waals surface area contributed by atoms with Crippen molar-refractivity contribution in [2.24, 2.45) is 0 Å². The number of fused-ring (bicyclic) bond motifs is 2. The van der Waals surface area contributed by atoms with Crippen molar-refractivity contribution in [3.05, 3.63) is 117 Å². The number of aryl methyl sites for hydroxylation is 1. The fourth-order valence-electron chi connectivity index (χ4n) is 5.60. The Hall–Kier alpha value is -3.92. The van der Waals surface area contributed by atoms with E-state index in [-0.39, 0.29) is 23.4 Å². The highest BCUT2D eigenvalue weighted by Gasteiger charge is 2.45. The molecule has 1 N–H and O–H groups in total. The van der Waals surface area contributed by atoms with E-state index in [1.54, 1.807) is 7.11 Å². The van der Waals surface area contributed by atoms with Gasteiger partial charge in [-0.15, -0.1) is 0 Å². The zero-order valence-corrected chi connectivity index (χ0v) is 19.2. The molecule has 2 atom stereocenters. The Labute approximate surface area is 199 Å². The zero-order chi connectivity index (χ0) is 23.4. The number of nitrogens with one attached hydrogen (secondary N) is 1. The third kappa shape index (κ3) is 3.13. The van der Waals surface area contributed by atoms with E-state index in [1.165, 1.54) is 0 Å². The summed E-state index contributed by atoms with van der Waals surface area (Å²) in [5, 5.41) is 3.56. The van der Waals surface area contributed by atoms with Crippen molar-refractivity contribution in [1.82, 2.24) is 5.32 Å². The van der Waals surface area contributed by atoms with Crippen molar-refractivity contribution in [3.8, 4) is 5.75 Å². The number of ketones is 2. The molecule has 0 saturated carbocycles. The number of benzene rings is 3. The molecule has 1 aliphatic heterocycles. The molecule has 0 bridgehead atoms. The normalized spacial score (nSPS) is 21.1. The third-order valence-electron chi connectivity index (χ3n) is 7.31. The molecule has 6 rings (SSSR count). The number of rotatable bonds is 3. The topological polar surface area (TPSA) is 55.4 Å². The van der Waals surface area contributed by atoms with Crippen molar-refractivity contribution in [2.45, 2.75) is 31.6 Å². The van der Waals surface area contributed by atoms with Gasteiger partial charge >= 0.3 is 0 Å². The van der Waals surface area contributed by atoms with Crippen LogP contribution in [0.2, 0.25) is 0 Å². The number of methoxy groups -OCH3 is 1. The Balaban J connectivity index is 1.47. The average molecular weight is 448 g/mol. The van der Waals surface area contributed by atoms with E-state index in [1.807, 2.05) is 55.5 Å². The first kappa shape index (κ1) is 20.7. The molecule has 2 aliphatic carbocycles. The summed E-state index contributed by atoms with van der Waals surface area (Å²) >= 11 is 0. The molecule has 0 spiro atoms. The first-order valence-corrected chi connectivity index (χ1v) is 11.7. The number of allylic oxidation sites excluding steroid dienone is 3. The van der Waals surface area contributed by atoms with E-state index >= 15 is 0 Å². The van der Waals surface area contributed by atoms with E-state index in [0.717, 1.165) is 51.4 Å². The van der Waals surface area contributed by atoms with Gasteiger partial charge in [-0.25, -0.2) is 0 Å². The lowest BCUT2D eigenvalue weighted by Gasteiger charge is -2.36. The Morgan fingerprint density at radius 3 is 2.18 bits per heavy atom. The summed E-state index contributed by atoms with van der Waals surface area (Å²) in [6, 6.07) is 23.9. The largest absolute Gasteiger partial charge is 0.497 e. The zero-order valence-electron chi connectivity index (χ0n) is 19.2. The highest BCUT2D eigenvalue weighted by atomic mass is 16.5. The van der Waals surface area contributed by atoms with E-state index in [4.69, 9.17) is 4.74 Å². The minimum Gasteiger partial charge on any atom is -0.497 e. The molecule has 0 fully saturated rings. The number of carbonyl (C=O) groups is 2. The second-order valence-electron chi connectivity index (χ2n) is 9.33. The van der Waals surface area contributed by atoms with Gasteiger partial charge in [0.1, 0.15) is 5.75 Å². The van der Waals surface area contributed by atoms with E-state index < -0.39 is 0 Å². The van der Waals surface area contributed by atoms with Gasteiger partial charge in [-0.3, -0.25) is 9.59 Å². The molecule has 168 valence electrons. The van der Waals surface area contributed by atoms with Crippen molar-refractivity contribution >= 4 is 17.3 Å². The summed E-state index contributed by atoms with van der Waals surface area (Å²) in [7, 11) is 1.65. The molecule has 3 aromatic rings. The van der Waals surface area contributed by atoms with Crippen LogP contribution in [0.25, 0.3) is 5.70 Å². The molecular weight excluding hydrogens is 422 g/mol. The van der Waals surface area contributed by atoms with Crippen LogP contribution in [0.1, 0.15) is 57.3 Å². The Morgan fingerprint density at radius 1 is 0.794 bits per heavy atom. The summed E-state index contributed by atoms with van der Waals surface area (Å²) in [6.07, 6.45) is 1.15. The molecule has 0 radical (unpaired) electrons. The average Bonchev–Trinajstić information content (AvgIpc) is 3.15. The minimum absolute atomic E-state index is 0.0142. The van der Waals surface area contributed by atoms with Gasteiger partial charge in [-0.2, -0.15) is 0 Å². The maximum Gasteiger partial charge on any atom is 0.192 e. The summed E-state index contributed by atoms with van der Waals surface area (Å²) in [6.45, 7) is 2.05. The van der Waals surface area contributed by atoms with Crippen molar-refractivity contribution in [2.75, 3.05) is 7.11 Å². The Kier molecular flexibility index (Phi) is 4.77. The number of carbonyl (C=O) groups excluding carboxylic acids is 2. The third-order valence-corrected chi connectivity index (χ3v) is 7.31. The minimum atomic E-state index is -0.351. The fourth-order valence-corrected chi connectivity index (χ4v) is 5.60. The number of Topliss-reactive ketones (excluding diaryl/α,β-unsaturated/α-hetero) is 2. The van der Waals surface area contributed by atoms with Crippen LogP contribution in [0.5, 0.6) is 5.75 Å². The first-order valence-electron chi connectivity index (χ1n) is 11.7. The number of ether oxygens (including phenoxy) is 1. The van der Waals surface area contributed by atoms with Crippen LogP contribution >= 0.6 is 0 Å². The van der Waals surface area contributed by atoms with Crippen molar-refractivity contribution in [1.29, 1.82) is 0 Å². The van der Waals surface area contributed by atoms with Crippen LogP contribution < -0.4 is 10.1 Å². The Bertz CT molecular complexity index is 1390. The van der Waals surface area contributed by atoms with Gasteiger partial charge in [-0.05, 0) is 42.5 Å². The van der Waals surface area contributed by atoms with Crippen LogP contribution in [-0.4, -0.2) is 18.7 Å². The molecule has 1 heterocycles. The SMILES string of the molecule is COc1ccc([C@@H]2CC(=O)C3=C(C2)NC2=C(C(=O)c4ccccc42)[C@@H]3c2ccc(C)cc2)cc1. The van der Waals surface area contributed by atoms with Gasteiger partial charge in [-0.1, -0.05) is 66.2 Å². The van der Waals surface area contributed by atoms with Gasteiger partial charge in [0, 0.05) is 40.3 Å². The van der Waals surface area contributed by atoms with Crippen LogP contribution in [0, 0.1) is 6.92 Å². The molecule has 4 heteroatoms. The monoisotopic (exact) mass is 447 g/mol. The van der Waals surface area contributed by atoms with Crippen LogP contribution in [0.15, 0.2) is 89.6 Å². The molecule has 3 aromatic carbocycles. The quantitative estimate of drug-likeness (QED) is 0.560. The lowest BCUT2D eigenvalue weighted by Crippen LogP contribution is -2.33. The van der Waals surface area contributed by atoms with Crippen molar-refractivity contribution in [3.63, 3.8) is 0 Å². The molecule has 0 unspecified atom stereocenters. The van der Waals surface area contributed by atoms with Crippen molar-refractivity contribution < 1.29 is 14.3 Å². The maximum absolute atomic E-state index is 13.7. The number of hydrogen-bond donors (Lipinski definition) is 1. The van der Waals surface area contributed by atoms with E-state index in [9.17, 15) is 9.59 Å². The van der Waals surface area contributed by atoms with Gasteiger partial charge in [0.25, 0.3) is 0 Å². The van der Waals surface area contributed by atoms with Crippen LogP contribution in [0.4, 0.5) is 0 Å². The summed E-state index contributed by atoms with van der Waals surface area (Å²) in [4.78, 5) is 27.3. The van der Waals surface area contributed by atoms with Crippen LogP contribution in [0.3, 0.4) is 0 Å². The van der Waals surface area contributed by atoms with Gasteiger partial charge in [0.15, 0.2) is 11.6 Å². The molecule has 0 saturated heterocycles. The number of hydrogen-bond acceptors (Lipinski definition) is 4. The lowest BCUT2D eigenvalue weighted by atomic mass is 9.71. The first-order chi connectivity index (χ1) is 16.5. The smallest absolute Gasteiger partial charge is 0.192 e. The molecule has 0 amide bonds. The fraction of sp³-hybridized carbons (Fsp3) is 0.200. The standard InChI is InChI=1S/C30H25NO3/c1-17-7-9-19(10-8-17)26-27-24(31-29-22-5-3-4-6-23(22)30(33)28(26)29)15-20(16-25(27)32)18-11-13-21(34-2)14-12-18/h3-14,20,26,31H,15-16H2,1-2H3/t20-,26+/m0/s1. The van der Waals surface area contributed by atoms with Gasteiger partial charge < -0.3 is 10.1 Å². The van der Waals surface area contributed by atoms with E-state index in [0.29, 0.717) is 17.6 Å². The molecule has 0 aromatic heterocycles. The van der Waals surface area contributed by atoms with Crippen LogP contribution in [-0.2, 0) is 4.79 Å². The second kappa shape index (κ2) is 7.84. The van der Waals surface area contributed by atoms with Gasteiger partial charge in [0.2, 0.25) is 0 Å². The predicted molar refractivity (Wildman–Crippen MR) is 132 cm³/mol. The molecule has 34 heavy (non-hydrogen) atoms. The number of dihydropyridines is 1. The lowest BCUT2D eigenvalue weighted by molar-refractivity contribution is -0.116. The molecule has 3 aliphatic rings. The summed E-state index contributed by atoms with van der Waals surface area (Å²) in [5.41, 5.74) is 8.12. The summed E-state index contributed by atoms with van der Waals surface area (Å²) in [5.74, 6) is 0.654. The maximum atomic E-state index is 13.7. The van der Waals surface area contributed by atoms with E-state index in [2.05, 4.69) is 29.6 Å².